The smallest absolute Gasteiger partial charge is 0.335 e. The zero-order valence-corrected chi connectivity index (χ0v) is 22.2. The van der Waals surface area contributed by atoms with Crippen LogP contribution in [0.15, 0.2) is 72.8 Å². The number of benzene rings is 3. The molecule has 0 unspecified atom stereocenters. The van der Waals surface area contributed by atoms with Crippen molar-refractivity contribution in [2.45, 2.75) is 25.7 Å². The lowest BCUT2D eigenvalue weighted by Gasteiger charge is -2.36. The van der Waals surface area contributed by atoms with Gasteiger partial charge in [0.05, 0.1) is 36.9 Å². The first-order valence-corrected chi connectivity index (χ1v) is 13.3. The molecule has 210 valence electrons. The van der Waals surface area contributed by atoms with Crippen LogP contribution in [0.5, 0.6) is 17.2 Å². The number of para-hydroxylation sites is 1. The first-order chi connectivity index (χ1) is 19.4. The van der Waals surface area contributed by atoms with E-state index in [1.165, 1.54) is 23.1 Å². The summed E-state index contributed by atoms with van der Waals surface area (Å²) in [5, 5.41) is 18.4. The molecule has 0 bridgehead atoms. The van der Waals surface area contributed by atoms with Crippen LogP contribution in [-0.2, 0) is 11.2 Å². The fraction of sp³-hybridized carbons (Fsp3) is 0.323. The molecule has 9 heteroatoms. The Morgan fingerprint density at radius 1 is 0.750 bits per heavy atom. The Balaban J connectivity index is 1.18. The predicted molar refractivity (Wildman–Crippen MR) is 147 cm³/mol. The largest absolute Gasteiger partial charge is 0.494 e. The van der Waals surface area contributed by atoms with Crippen LogP contribution in [-0.4, -0.2) is 65.9 Å². The van der Waals surface area contributed by atoms with Gasteiger partial charge in [-0.1, -0.05) is 30.3 Å². The Kier molecular flexibility index (Phi) is 9.99. The van der Waals surface area contributed by atoms with Crippen molar-refractivity contribution in [1.29, 1.82) is 0 Å². The minimum absolute atomic E-state index is 0.0335. The van der Waals surface area contributed by atoms with Crippen molar-refractivity contribution in [3.8, 4) is 17.2 Å². The minimum atomic E-state index is -1.16. The maximum Gasteiger partial charge on any atom is 0.335 e. The first kappa shape index (κ1) is 28.5. The van der Waals surface area contributed by atoms with E-state index in [4.69, 9.17) is 19.3 Å². The van der Waals surface area contributed by atoms with Crippen LogP contribution in [0.1, 0.15) is 45.5 Å². The van der Waals surface area contributed by atoms with Crippen LogP contribution in [0.2, 0.25) is 0 Å². The molecule has 0 aromatic heterocycles. The Morgan fingerprint density at radius 2 is 1.38 bits per heavy atom. The van der Waals surface area contributed by atoms with Crippen molar-refractivity contribution in [2.24, 2.45) is 5.92 Å². The quantitative estimate of drug-likeness (QED) is 0.261. The van der Waals surface area contributed by atoms with Crippen LogP contribution in [0.4, 0.5) is 0 Å². The Hall–Kier alpha value is -4.53. The molecule has 0 saturated carbocycles. The lowest BCUT2D eigenvalue weighted by atomic mass is 9.98. The fourth-order valence-electron chi connectivity index (χ4n) is 4.24. The maximum atomic E-state index is 12.9. The molecular weight excluding hydrogens is 514 g/mol. The highest BCUT2D eigenvalue weighted by molar-refractivity contribution is 6.00. The number of carboxylic acid groups (broad SMARTS) is 2. The summed E-state index contributed by atoms with van der Waals surface area (Å²) in [6, 6.07) is 21.8. The van der Waals surface area contributed by atoms with Crippen molar-refractivity contribution in [3.63, 3.8) is 0 Å². The number of ether oxygens (including phenoxy) is 3. The molecule has 1 saturated heterocycles. The van der Waals surface area contributed by atoms with E-state index >= 15 is 0 Å². The van der Waals surface area contributed by atoms with Gasteiger partial charge in [0.25, 0.3) is 5.91 Å². The summed E-state index contributed by atoms with van der Waals surface area (Å²) in [4.78, 5) is 36.8. The van der Waals surface area contributed by atoms with Gasteiger partial charge >= 0.3 is 11.9 Å². The number of hydrogen-bond acceptors (Lipinski definition) is 6. The highest BCUT2D eigenvalue weighted by atomic mass is 16.5. The van der Waals surface area contributed by atoms with Crippen molar-refractivity contribution < 1.29 is 38.8 Å². The van der Waals surface area contributed by atoms with Gasteiger partial charge in [0.2, 0.25) is 0 Å². The van der Waals surface area contributed by atoms with Gasteiger partial charge in [-0.3, -0.25) is 9.59 Å². The average Bonchev–Trinajstić information content (AvgIpc) is 2.93. The third-order valence-corrected chi connectivity index (χ3v) is 6.58. The number of aliphatic carboxylic acids is 1. The summed E-state index contributed by atoms with van der Waals surface area (Å²) < 4.78 is 17.4. The van der Waals surface area contributed by atoms with Gasteiger partial charge in [-0.25, -0.2) is 4.79 Å². The van der Waals surface area contributed by atoms with E-state index in [0.29, 0.717) is 26.2 Å². The zero-order valence-electron chi connectivity index (χ0n) is 22.2. The number of nitrogens with zero attached hydrogens (tertiary/aromatic N) is 1. The number of unbranched alkanes of at least 4 members (excludes halogenated alkanes) is 1. The highest BCUT2D eigenvalue weighted by Gasteiger charge is 2.37. The topological polar surface area (TPSA) is 123 Å². The number of likely N-dealkylation sites (tertiary alicyclic amines) is 1. The molecule has 0 aliphatic carbocycles. The van der Waals surface area contributed by atoms with Gasteiger partial charge < -0.3 is 29.3 Å². The van der Waals surface area contributed by atoms with Gasteiger partial charge in [-0.05, 0) is 73.7 Å². The van der Waals surface area contributed by atoms with Crippen molar-refractivity contribution in [1.82, 2.24) is 4.90 Å². The number of carboxylic acids is 2. The van der Waals surface area contributed by atoms with Crippen LogP contribution in [0.3, 0.4) is 0 Å². The van der Waals surface area contributed by atoms with Crippen LogP contribution in [0.25, 0.3) is 0 Å². The number of amides is 1. The number of hydrogen-bond donors (Lipinski definition) is 2. The lowest BCUT2D eigenvalue weighted by Crippen LogP contribution is -2.53. The molecular formula is C31H33NO8. The zero-order chi connectivity index (χ0) is 28.3. The SMILES string of the molecule is O=C(O)c1ccc(OCCCc2ccc(OCCCCOc3ccccc3)cc2)c(C(=O)N2CC(C(=O)O)C2)c1. The highest BCUT2D eigenvalue weighted by Crippen LogP contribution is 2.26. The standard InChI is InChI=1S/C31H33NO8/c33-29(32-20-24(21-32)31(36)37)27-19-23(30(34)35)12-15-28(27)40-18-6-7-22-10-13-26(14-11-22)39-17-5-4-16-38-25-8-2-1-3-9-25/h1-3,8-15,19,24H,4-7,16-18,20-21H2,(H,34,35)(H,36,37). The lowest BCUT2D eigenvalue weighted by molar-refractivity contribution is -0.146. The Labute approximate surface area is 232 Å². The molecule has 1 amide bonds. The van der Waals surface area contributed by atoms with Crippen LogP contribution < -0.4 is 14.2 Å². The second-order valence-corrected chi connectivity index (χ2v) is 9.57. The summed E-state index contributed by atoms with van der Waals surface area (Å²) in [5.41, 5.74) is 1.20. The first-order valence-electron chi connectivity index (χ1n) is 13.3. The molecule has 1 fully saturated rings. The Morgan fingerprint density at radius 3 is 2.00 bits per heavy atom. The van der Waals surface area contributed by atoms with Gasteiger partial charge in [-0.2, -0.15) is 0 Å². The molecule has 1 aliphatic rings. The molecule has 9 nitrogen and oxygen atoms in total. The third-order valence-electron chi connectivity index (χ3n) is 6.58. The van der Waals surface area contributed by atoms with Gasteiger partial charge in [0, 0.05) is 13.1 Å². The molecule has 3 aromatic carbocycles. The third kappa shape index (κ3) is 7.99. The maximum absolute atomic E-state index is 12.9. The minimum Gasteiger partial charge on any atom is -0.494 e. The molecule has 0 radical (unpaired) electrons. The summed E-state index contributed by atoms with van der Waals surface area (Å²) in [6.45, 7) is 1.77. The number of aryl methyl sites for hydroxylation is 1. The van der Waals surface area contributed by atoms with E-state index in [9.17, 15) is 19.5 Å². The second kappa shape index (κ2) is 14.0. The summed E-state index contributed by atoms with van der Waals surface area (Å²) in [6.07, 6.45) is 3.22. The van der Waals surface area contributed by atoms with E-state index < -0.39 is 23.8 Å². The van der Waals surface area contributed by atoms with E-state index in [1.54, 1.807) is 0 Å². The molecule has 0 spiro atoms. The second-order valence-electron chi connectivity index (χ2n) is 9.57. The fourth-order valence-corrected chi connectivity index (χ4v) is 4.24. The molecule has 4 rings (SSSR count). The molecule has 2 N–H and O–H groups in total. The molecule has 0 atom stereocenters. The van der Waals surface area contributed by atoms with Crippen LogP contribution >= 0.6 is 0 Å². The number of aromatic carboxylic acids is 1. The molecule has 3 aromatic rings. The predicted octanol–water partition coefficient (Wildman–Crippen LogP) is 4.79. The Bertz CT molecular complexity index is 1290. The normalized spacial score (nSPS) is 12.8. The average molecular weight is 548 g/mol. The van der Waals surface area contributed by atoms with Crippen LogP contribution in [0, 0.1) is 5.92 Å². The summed E-state index contributed by atoms with van der Waals surface area (Å²) in [5.74, 6) is -1.19. The molecule has 40 heavy (non-hydrogen) atoms. The van der Waals surface area contributed by atoms with Crippen molar-refractivity contribution in [2.75, 3.05) is 32.9 Å². The van der Waals surface area contributed by atoms with Crippen molar-refractivity contribution in [3.05, 3.63) is 89.5 Å². The summed E-state index contributed by atoms with van der Waals surface area (Å²) in [7, 11) is 0. The van der Waals surface area contributed by atoms with Gasteiger partial charge in [-0.15, -0.1) is 0 Å². The van der Waals surface area contributed by atoms with E-state index in [2.05, 4.69) is 0 Å². The molecule has 1 aliphatic heterocycles. The summed E-state index contributed by atoms with van der Waals surface area (Å²) >= 11 is 0. The van der Waals surface area contributed by atoms with Gasteiger partial charge in [0.1, 0.15) is 17.2 Å². The monoisotopic (exact) mass is 547 g/mol. The number of carbonyl (C=O) groups excluding carboxylic acids is 1. The number of carbonyl (C=O) groups is 3. The van der Waals surface area contributed by atoms with E-state index in [1.807, 2.05) is 54.6 Å². The number of rotatable bonds is 15. The van der Waals surface area contributed by atoms with Crippen molar-refractivity contribution >= 4 is 17.8 Å². The van der Waals surface area contributed by atoms with Gasteiger partial charge in [0.15, 0.2) is 0 Å². The van der Waals surface area contributed by atoms with E-state index in [0.717, 1.165) is 36.3 Å². The molecule has 1 heterocycles. The van der Waals surface area contributed by atoms with E-state index in [-0.39, 0.29) is 30.0 Å².